The Bertz CT molecular complexity index is 490. The predicted molar refractivity (Wildman–Crippen MR) is 81.7 cm³/mol. The summed E-state index contributed by atoms with van der Waals surface area (Å²) >= 11 is 0. The van der Waals surface area contributed by atoms with Crippen molar-refractivity contribution in [1.29, 1.82) is 0 Å². The lowest BCUT2D eigenvalue weighted by Gasteiger charge is -2.21. The Morgan fingerprint density at radius 3 is 2.52 bits per heavy atom. The van der Waals surface area contributed by atoms with Crippen molar-refractivity contribution in [2.75, 3.05) is 40.4 Å². The highest BCUT2D eigenvalue weighted by Gasteiger charge is 2.17. The van der Waals surface area contributed by atoms with E-state index < -0.39 is 0 Å². The maximum absolute atomic E-state index is 11.4. The zero-order valence-corrected chi connectivity index (χ0v) is 13.1. The summed E-state index contributed by atoms with van der Waals surface area (Å²) in [7, 11) is 3.29. The molecule has 1 saturated heterocycles. The van der Waals surface area contributed by atoms with Gasteiger partial charge in [0.05, 0.1) is 14.2 Å². The third-order valence-corrected chi connectivity index (χ3v) is 3.89. The van der Waals surface area contributed by atoms with Gasteiger partial charge >= 0.3 is 0 Å². The maximum atomic E-state index is 11.4. The summed E-state index contributed by atoms with van der Waals surface area (Å²) in [5.41, 5.74) is 1.20. The van der Waals surface area contributed by atoms with Crippen LogP contribution in [0.3, 0.4) is 0 Å². The van der Waals surface area contributed by atoms with Crippen LogP contribution in [0.15, 0.2) is 18.2 Å². The molecule has 1 fully saturated rings. The van der Waals surface area contributed by atoms with E-state index in [0.717, 1.165) is 50.6 Å². The zero-order valence-electron chi connectivity index (χ0n) is 13.1. The minimum absolute atomic E-state index is 0.169. The van der Waals surface area contributed by atoms with E-state index in [1.54, 1.807) is 21.1 Å². The molecule has 5 nitrogen and oxygen atoms in total. The first kappa shape index (κ1) is 15.6. The summed E-state index contributed by atoms with van der Waals surface area (Å²) < 4.78 is 10.6. The molecule has 1 aliphatic heterocycles. The summed E-state index contributed by atoms with van der Waals surface area (Å²) in [6.07, 6.45) is 1.02. The number of hydrogen-bond donors (Lipinski definition) is 0. The first-order chi connectivity index (χ1) is 10.1. The van der Waals surface area contributed by atoms with Crippen LogP contribution in [0.4, 0.5) is 0 Å². The van der Waals surface area contributed by atoms with Crippen LogP contribution in [-0.4, -0.2) is 56.1 Å². The molecule has 116 valence electrons. The van der Waals surface area contributed by atoms with Crippen LogP contribution in [0.5, 0.6) is 11.5 Å². The fourth-order valence-electron chi connectivity index (χ4n) is 2.68. The number of carbonyl (C=O) groups excluding carboxylic acids is 1. The van der Waals surface area contributed by atoms with E-state index in [2.05, 4.69) is 11.0 Å². The highest BCUT2D eigenvalue weighted by atomic mass is 16.5. The van der Waals surface area contributed by atoms with Crippen LogP contribution in [0.2, 0.25) is 0 Å². The van der Waals surface area contributed by atoms with Crippen LogP contribution < -0.4 is 9.47 Å². The summed E-state index contributed by atoms with van der Waals surface area (Å²) in [6.45, 7) is 6.10. The number of benzene rings is 1. The molecule has 21 heavy (non-hydrogen) atoms. The van der Waals surface area contributed by atoms with E-state index in [4.69, 9.17) is 9.47 Å². The average molecular weight is 292 g/mol. The first-order valence-electron chi connectivity index (χ1n) is 7.33. The number of amides is 1. The molecule has 0 N–H and O–H groups in total. The van der Waals surface area contributed by atoms with Gasteiger partial charge in [-0.25, -0.2) is 0 Å². The van der Waals surface area contributed by atoms with Crippen molar-refractivity contribution in [2.45, 2.75) is 19.9 Å². The van der Waals surface area contributed by atoms with Gasteiger partial charge in [-0.1, -0.05) is 6.07 Å². The van der Waals surface area contributed by atoms with Crippen LogP contribution in [0, 0.1) is 0 Å². The van der Waals surface area contributed by atoms with Crippen molar-refractivity contribution >= 4 is 5.91 Å². The molecule has 0 atom stereocenters. The largest absolute Gasteiger partial charge is 0.493 e. The molecule has 5 heteroatoms. The van der Waals surface area contributed by atoms with Crippen LogP contribution in [0.25, 0.3) is 0 Å². The fourth-order valence-corrected chi connectivity index (χ4v) is 2.68. The molecule has 1 aliphatic rings. The molecule has 2 rings (SSSR count). The molecule has 1 aromatic rings. The quantitative estimate of drug-likeness (QED) is 0.848. The number of hydrogen-bond acceptors (Lipinski definition) is 4. The Morgan fingerprint density at radius 2 is 1.86 bits per heavy atom. The molecule has 0 bridgehead atoms. The number of carbonyl (C=O) groups is 1. The summed E-state index contributed by atoms with van der Waals surface area (Å²) in [5.74, 6) is 1.68. The lowest BCUT2D eigenvalue weighted by molar-refractivity contribution is -0.128. The van der Waals surface area contributed by atoms with E-state index >= 15 is 0 Å². The Hall–Kier alpha value is -1.75. The normalized spacial score (nSPS) is 16.4. The lowest BCUT2D eigenvalue weighted by atomic mass is 10.2. The Kier molecular flexibility index (Phi) is 5.44. The number of methoxy groups -OCH3 is 2. The van der Waals surface area contributed by atoms with Crippen LogP contribution >= 0.6 is 0 Å². The van der Waals surface area contributed by atoms with Gasteiger partial charge in [0, 0.05) is 39.6 Å². The smallest absolute Gasteiger partial charge is 0.219 e. The Morgan fingerprint density at radius 1 is 1.10 bits per heavy atom. The summed E-state index contributed by atoms with van der Waals surface area (Å²) in [6, 6.07) is 6.02. The Labute approximate surface area is 126 Å². The van der Waals surface area contributed by atoms with Gasteiger partial charge < -0.3 is 14.4 Å². The fraction of sp³-hybridized carbons (Fsp3) is 0.562. The third kappa shape index (κ3) is 4.11. The maximum Gasteiger partial charge on any atom is 0.219 e. The highest BCUT2D eigenvalue weighted by molar-refractivity contribution is 5.73. The van der Waals surface area contributed by atoms with E-state index in [9.17, 15) is 4.79 Å². The first-order valence-corrected chi connectivity index (χ1v) is 7.33. The second kappa shape index (κ2) is 7.31. The molecule has 0 saturated carbocycles. The van der Waals surface area contributed by atoms with Gasteiger partial charge in [0.15, 0.2) is 11.5 Å². The molecule has 0 unspecified atom stereocenters. The second-order valence-corrected chi connectivity index (χ2v) is 5.33. The molecule has 1 heterocycles. The minimum atomic E-state index is 0.169. The van der Waals surface area contributed by atoms with Gasteiger partial charge in [0.1, 0.15) is 0 Å². The van der Waals surface area contributed by atoms with E-state index in [0.29, 0.717) is 0 Å². The molecule has 0 aliphatic carbocycles. The number of ether oxygens (including phenoxy) is 2. The van der Waals surface area contributed by atoms with Gasteiger partial charge in [0.25, 0.3) is 0 Å². The van der Waals surface area contributed by atoms with Gasteiger partial charge in [-0.2, -0.15) is 0 Å². The second-order valence-electron chi connectivity index (χ2n) is 5.33. The molecular formula is C16H24N2O3. The standard InChI is InChI=1S/C16H24N2O3/c1-13(19)18-8-4-7-17(9-10-18)12-14-5-6-15(20-2)16(11-14)21-3/h5-6,11H,4,7-10,12H2,1-3H3. The minimum Gasteiger partial charge on any atom is -0.493 e. The Balaban J connectivity index is 1.99. The number of nitrogens with zero attached hydrogens (tertiary/aromatic N) is 2. The summed E-state index contributed by atoms with van der Waals surface area (Å²) in [4.78, 5) is 15.8. The van der Waals surface area contributed by atoms with Crippen LogP contribution in [0.1, 0.15) is 18.9 Å². The van der Waals surface area contributed by atoms with Gasteiger partial charge in [-0.15, -0.1) is 0 Å². The lowest BCUT2D eigenvalue weighted by Crippen LogP contribution is -2.33. The molecule has 0 aromatic heterocycles. The SMILES string of the molecule is COc1ccc(CN2CCCN(C(C)=O)CC2)cc1OC. The molecular weight excluding hydrogens is 268 g/mol. The molecule has 0 radical (unpaired) electrons. The van der Waals surface area contributed by atoms with E-state index in [-0.39, 0.29) is 5.91 Å². The molecule has 0 spiro atoms. The highest BCUT2D eigenvalue weighted by Crippen LogP contribution is 2.28. The van der Waals surface area contributed by atoms with E-state index in [1.807, 2.05) is 17.0 Å². The van der Waals surface area contributed by atoms with Gasteiger partial charge in [0.2, 0.25) is 5.91 Å². The summed E-state index contributed by atoms with van der Waals surface area (Å²) in [5, 5.41) is 0. The topological polar surface area (TPSA) is 42.0 Å². The molecule has 1 amide bonds. The van der Waals surface area contributed by atoms with Crippen LogP contribution in [-0.2, 0) is 11.3 Å². The predicted octanol–water partition coefficient (Wildman–Crippen LogP) is 1.76. The van der Waals surface area contributed by atoms with Crippen molar-refractivity contribution in [1.82, 2.24) is 9.80 Å². The van der Waals surface area contributed by atoms with Crippen molar-refractivity contribution < 1.29 is 14.3 Å². The van der Waals surface area contributed by atoms with Gasteiger partial charge in [-0.05, 0) is 24.1 Å². The zero-order chi connectivity index (χ0) is 15.2. The average Bonchev–Trinajstić information content (AvgIpc) is 2.72. The van der Waals surface area contributed by atoms with E-state index in [1.165, 1.54) is 5.56 Å². The van der Waals surface area contributed by atoms with Crippen molar-refractivity contribution in [3.8, 4) is 11.5 Å². The van der Waals surface area contributed by atoms with Crippen molar-refractivity contribution in [3.05, 3.63) is 23.8 Å². The van der Waals surface area contributed by atoms with Crippen molar-refractivity contribution in [3.63, 3.8) is 0 Å². The van der Waals surface area contributed by atoms with Gasteiger partial charge in [-0.3, -0.25) is 9.69 Å². The third-order valence-electron chi connectivity index (χ3n) is 3.89. The molecule has 1 aromatic carbocycles. The monoisotopic (exact) mass is 292 g/mol. The number of rotatable bonds is 4. The van der Waals surface area contributed by atoms with Crippen molar-refractivity contribution in [2.24, 2.45) is 0 Å².